The fourth-order valence-corrected chi connectivity index (χ4v) is 3.36. The second-order valence-corrected chi connectivity index (χ2v) is 6.83. The van der Waals surface area contributed by atoms with Crippen molar-refractivity contribution in [2.24, 2.45) is 4.99 Å². The Morgan fingerprint density at radius 3 is 2.62 bits per heavy atom. The minimum Gasteiger partial charge on any atom is -0.492 e. The molecule has 0 bridgehead atoms. The molecule has 0 N–H and O–H groups in total. The van der Waals surface area contributed by atoms with Gasteiger partial charge in [0, 0.05) is 5.56 Å². The maximum absolute atomic E-state index is 12.2. The molecule has 0 unspecified atom stereocenters. The molecule has 5 nitrogen and oxygen atoms in total. The number of aryl methyl sites for hydroxylation is 1. The maximum Gasteiger partial charge on any atom is 0.363 e. The fourth-order valence-electron chi connectivity index (χ4n) is 2.52. The van der Waals surface area contributed by atoms with Crippen LogP contribution in [0, 0.1) is 10.5 Å². The van der Waals surface area contributed by atoms with E-state index in [-0.39, 0.29) is 5.70 Å². The van der Waals surface area contributed by atoms with E-state index in [0.717, 1.165) is 20.3 Å². The highest BCUT2D eigenvalue weighted by molar-refractivity contribution is 14.1. The number of methoxy groups -OCH3 is 1. The molecule has 0 aliphatic carbocycles. The van der Waals surface area contributed by atoms with Crippen molar-refractivity contribution in [2.75, 3.05) is 13.7 Å². The Morgan fingerprint density at radius 1 is 1.23 bits per heavy atom. The largest absolute Gasteiger partial charge is 0.492 e. The molecule has 0 saturated carbocycles. The van der Waals surface area contributed by atoms with Gasteiger partial charge in [0.15, 0.2) is 17.2 Å². The summed E-state index contributed by atoms with van der Waals surface area (Å²) in [6, 6.07) is 11.4. The molecular weight excluding hydrogens is 445 g/mol. The molecule has 2 aromatic rings. The Labute approximate surface area is 165 Å². The van der Waals surface area contributed by atoms with E-state index < -0.39 is 5.97 Å². The first-order chi connectivity index (χ1) is 12.5. The number of hydrogen-bond acceptors (Lipinski definition) is 5. The Kier molecular flexibility index (Phi) is 5.61. The summed E-state index contributed by atoms with van der Waals surface area (Å²) in [4.78, 5) is 16.5. The second kappa shape index (κ2) is 7.90. The van der Waals surface area contributed by atoms with E-state index in [1.807, 2.05) is 50.2 Å². The first-order valence-electron chi connectivity index (χ1n) is 8.11. The Hall–Kier alpha value is -2.35. The molecule has 0 saturated heterocycles. The van der Waals surface area contributed by atoms with Crippen LogP contribution in [0.4, 0.5) is 0 Å². The van der Waals surface area contributed by atoms with E-state index >= 15 is 0 Å². The zero-order valence-corrected chi connectivity index (χ0v) is 16.9. The van der Waals surface area contributed by atoms with Gasteiger partial charge in [-0.25, -0.2) is 9.79 Å². The quantitative estimate of drug-likeness (QED) is 0.376. The summed E-state index contributed by atoms with van der Waals surface area (Å²) < 4.78 is 17.2. The average Bonchev–Trinajstić information content (AvgIpc) is 2.96. The van der Waals surface area contributed by atoms with Gasteiger partial charge >= 0.3 is 5.97 Å². The molecule has 26 heavy (non-hydrogen) atoms. The maximum atomic E-state index is 12.2. The Balaban J connectivity index is 1.96. The topological polar surface area (TPSA) is 57.1 Å². The highest BCUT2D eigenvalue weighted by atomic mass is 127. The molecule has 134 valence electrons. The van der Waals surface area contributed by atoms with Gasteiger partial charge in [0.05, 0.1) is 17.3 Å². The molecule has 0 radical (unpaired) electrons. The van der Waals surface area contributed by atoms with Gasteiger partial charge in [-0.15, -0.1) is 0 Å². The highest BCUT2D eigenvalue weighted by Gasteiger charge is 2.24. The zero-order chi connectivity index (χ0) is 18.7. The van der Waals surface area contributed by atoms with Gasteiger partial charge in [0.2, 0.25) is 5.90 Å². The minimum atomic E-state index is -0.468. The molecule has 6 heteroatoms. The van der Waals surface area contributed by atoms with Crippen molar-refractivity contribution in [1.29, 1.82) is 0 Å². The van der Waals surface area contributed by atoms with Crippen molar-refractivity contribution in [3.63, 3.8) is 0 Å². The fraction of sp³-hybridized carbons (Fsp3) is 0.200. The third kappa shape index (κ3) is 3.90. The van der Waals surface area contributed by atoms with Gasteiger partial charge in [0.25, 0.3) is 0 Å². The summed E-state index contributed by atoms with van der Waals surface area (Å²) in [5.74, 6) is 1.15. The predicted octanol–water partition coefficient (Wildman–Crippen LogP) is 4.35. The first kappa shape index (κ1) is 18.4. The molecule has 3 rings (SSSR count). The monoisotopic (exact) mass is 463 g/mol. The number of aliphatic imine (C=N–C) groups is 1. The third-order valence-electron chi connectivity index (χ3n) is 3.76. The lowest BCUT2D eigenvalue weighted by Crippen LogP contribution is -2.05. The molecule has 2 aromatic carbocycles. The number of ether oxygens (including phenoxy) is 3. The number of esters is 1. The number of halogens is 1. The van der Waals surface area contributed by atoms with Gasteiger partial charge in [0.1, 0.15) is 0 Å². The summed E-state index contributed by atoms with van der Waals surface area (Å²) in [5, 5.41) is 0. The second-order valence-electron chi connectivity index (χ2n) is 5.67. The summed E-state index contributed by atoms with van der Waals surface area (Å²) in [5.41, 5.74) is 2.95. The van der Waals surface area contributed by atoms with Crippen LogP contribution in [0.15, 0.2) is 47.1 Å². The van der Waals surface area contributed by atoms with E-state index in [1.54, 1.807) is 13.2 Å². The molecule has 0 amide bonds. The minimum absolute atomic E-state index is 0.254. The van der Waals surface area contributed by atoms with Crippen LogP contribution in [0.25, 0.3) is 6.08 Å². The molecule has 0 spiro atoms. The standard InChI is InChI=1S/C20H18INO4/c1-4-25-17-11-13(9-15(21)18(17)24-3)10-16-20(23)26-19(22-16)14-7-5-12(2)6-8-14/h5-11H,4H2,1-3H3/b16-10-. The van der Waals surface area contributed by atoms with Gasteiger partial charge in [-0.05, 0) is 72.3 Å². The van der Waals surface area contributed by atoms with E-state index in [9.17, 15) is 4.79 Å². The van der Waals surface area contributed by atoms with Crippen molar-refractivity contribution < 1.29 is 19.0 Å². The van der Waals surface area contributed by atoms with Gasteiger partial charge in [-0.2, -0.15) is 0 Å². The summed E-state index contributed by atoms with van der Waals surface area (Å²) >= 11 is 2.17. The lowest BCUT2D eigenvalue weighted by Gasteiger charge is -2.12. The zero-order valence-electron chi connectivity index (χ0n) is 14.7. The van der Waals surface area contributed by atoms with Crippen molar-refractivity contribution in [2.45, 2.75) is 13.8 Å². The first-order valence-corrected chi connectivity index (χ1v) is 9.19. The third-order valence-corrected chi connectivity index (χ3v) is 4.56. The van der Waals surface area contributed by atoms with Gasteiger partial charge in [-0.1, -0.05) is 17.7 Å². The SMILES string of the molecule is CCOc1cc(/C=C2\N=C(c3ccc(C)cc3)OC2=O)cc(I)c1OC. The molecule has 0 fully saturated rings. The predicted molar refractivity (Wildman–Crippen MR) is 109 cm³/mol. The molecule has 1 aliphatic heterocycles. The summed E-state index contributed by atoms with van der Waals surface area (Å²) in [7, 11) is 1.60. The lowest BCUT2D eigenvalue weighted by atomic mass is 10.1. The van der Waals surface area contributed by atoms with Crippen LogP contribution in [0.2, 0.25) is 0 Å². The van der Waals surface area contributed by atoms with Crippen LogP contribution >= 0.6 is 22.6 Å². The van der Waals surface area contributed by atoms with Crippen molar-refractivity contribution in [3.8, 4) is 11.5 Å². The van der Waals surface area contributed by atoms with E-state index in [4.69, 9.17) is 14.2 Å². The average molecular weight is 463 g/mol. The van der Waals surface area contributed by atoms with E-state index in [1.165, 1.54) is 0 Å². The number of rotatable bonds is 5. The lowest BCUT2D eigenvalue weighted by molar-refractivity contribution is -0.129. The number of cyclic esters (lactones) is 1. The summed E-state index contributed by atoms with van der Waals surface area (Å²) in [6.07, 6.45) is 1.69. The van der Waals surface area contributed by atoms with Gasteiger partial charge < -0.3 is 14.2 Å². The van der Waals surface area contributed by atoms with Crippen LogP contribution in [0.1, 0.15) is 23.6 Å². The number of benzene rings is 2. The van der Waals surface area contributed by atoms with Crippen LogP contribution in [0.3, 0.4) is 0 Å². The van der Waals surface area contributed by atoms with Crippen molar-refractivity contribution in [3.05, 3.63) is 62.4 Å². The molecular formula is C20H18INO4. The molecule has 0 aromatic heterocycles. The number of hydrogen-bond donors (Lipinski definition) is 0. The Bertz CT molecular complexity index is 901. The number of nitrogens with zero attached hydrogens (tertiary/aromatic N) is 1. The van der Waals surface area contributed by atoms with Crippen LogP contribution < -0.4 is 9.47 Å². The van der Waals surface area contributed by atoms with E-state index in [2.05, 4.69) is 27.6 Å². The summed E-state index contributed by atoms with van der Waals surface area (Å²) in [6.45, 7) is 4.42. The van der Waals surface area contributed by atoms with Crippen LogP contribution in [-0.2, 0) is 9.53 Å². The highest BCUT2D eigenvalue weighted by Crippen LogP contribution is 2.35. The van der Waals surface area contributed by atoms with E-state index in [0.29, 0.717) is 24.0 Å². The number of carbonyl (C=O) groups is 1. The van der Waals surface area contributed by atoms with Crippen molar-refractivity contribution >= 4 is 40.5 Å². The Morgan fingerprint density at radius 2 is 1.96 bits per heavy atom. The molecule has 0 atom stereocenters. The van der Waals surface area contributed by atoms with Crippen LogP contribution in [0.5, 0.6) is 11.5 Å². The smallest absolute Gasteiger partial charge is 0.363 e. The molecule has 1 aliphatic rings. The van der Waals surface area contributed by atoms with Crippen molar-refractivity contribution in [1.82, 2.24) is 0 Å². The van der Waals surface area contributed by atoms with Crippen LogP contribution in [-0.4, -0.2) is 25.6 Å². The number of carbonyl (C=O) groups excluding carboxylic acids is 1. The molecule has 1 heterocycles. The normalized spacial score (nSPS) is 15.0. The van der Waals surface area contributed by atoms with Gasteiger partial charge in [-0.3, -0.25) is 0 Å².